The van der Waals surface area contributed by atoms with Crippen LogP contribution < -0.4 is 11.0 Å². The third kappa shape index (κ3) is 3.50. The van der Waals surface area contributed by atoms with Gasteiger partial charge >= 0.3 is 0 Å². The molecule has 2 N–H and O–H groups in total. The lowest BCUT2D eigenvalue weighted by molar-refractivity contribution is 0.0947. The Hall–Kier alpha value is -4.08. The third-order valence-electron chi connectivity index (χ3n) is 4.64. The predicted octanol–water partition coefficient (Wildman–Crippen LogP) is 1.71. The second kappa shape index (κ2) is 7.74. The summed E-state index contributed by atoms with van der Waals surface area (Å²) < 4.78 is 3.35. The topological polar surface area (TPSA) is 123 Å². The number of aromatic amines is 1. The van der Waals surface area contributed by atoms with Crippen LogP contribution in [0.1, 0.15) is 34.4 Å². The first-order valence-corrected chi connectivity index (χ1v) is 9.40. The number of para-hydroxylation sites is 1. The molecule has 3 aromatic heterocycles. The average Bonchev–Trinajstić information content (AvgIpc) is 3.31. The normalized spacial score (nSPS) is 11.4. The number of nitrogens with one attached hydrogen (secondary N) is 2. The Labute approximate surface area is 171 Å². The summed E-state index contributed by atoms with van der Waals surface area (Å²) in [6, 6.07) is 9.57. The maximum absolute atomic E-state index is 12.7. The van der Waals surface area contributed by atoms with Crippen molar-refractivity contribution in [2.45, 2.75) is 27.3 Å². The van der Waals surface area contributed by atoms with Gasteiger partial charge in [-0.2, -0.15) is 14.9 Å². The van der Waals surface area contributed by atoms with E-state index in [0.29, 0.717) is 5.69 Å². The van der Waals surface area contributed by atoms with Gasteiger partial charge < -0.3 is 4.57 Å². The summed E-state index contributed by atoms with van der Waals surface area (Å²) in [6.45, 7) is 6.17. The Morgan fingerprint density at radius 2 is 2.07 bits per heavy atom. The predicted molar refractivity (Wildman–Crippen MR) is 112 cm³/mol. The van der Waals surface area contributed by atoms with E-state index in [-0.39, 0.29) is 17.3 Å². The molecular formula is C20H20N8O2. The van der Waals surface area contributed by atoms with E-state index in [2.05, 4.69) is 42.3 Å². The molecule has 10 heteroatoms. The quantitative estimate of drug-likeness (QED) is 0.387. The molecule has 0 radical (unpaired) electrons. The van der Waals surface area contributed by atoms with Crippen molar-refractivity contribution in [2.75, 3.05) is 0 Å². The molecule has 0 unspecified atom stereocenters. The molecule has 30 heavy (non-hydrogen) atoms. The zero-order chi connectivity index (χ0) is 21.3. The zero-order valence-electron chi connectivity index (χ0n) is 16.7. The average molecular weight is 404 g/mol. The lowest BCUT2D eigenvalue weighted by Crippen LogP contribution is -2.24. The fourth-order valence-corrected chi connectivity index (χ4v) is 3.16. The fourth-order valence-electron chi connectivity index (χ4n) is 3.16. The zero-order valence-corrected chi connectivity index (χ0v) is 16.7. The van der Waals surface area contributed by atoms with E-state index in [1.54, 1.807) is 26.1 Å². The van der Waals surface area contributed by atoms with Crippen LogP contribution in [0.15, 0.2) is 46.4 Å². The maximum atomic E-state index is 12.7. The number of nitrogens with zero attached hydrogens (tertiary/aromatic N) is 6. The second-order valence-corrected chi connectivity index (χ2v) is 6.73. The Bertz CT molecular complexity index is 1330. The molecular weight excluding hydrogens is 384 g/mol. The van der Waals surface area contributed by atoms with Crippen LogP contribution in [0.5, 0.6) is 0 Å². The molecule has 1 amide bonds. The number of H-pyrrole nitrogens is 1. The number of amides is 1. The molecule has 0 aliphatic rings. The van der Waals surface area contributed by atoms with Crippen molar-refractivity contribution in [3.05, 3.63) is 69.5 Å². The molecule has 0 saturated carbocycles. The molecule has 3 heterocycles. The van der Waals surface area contributed by atoms with Crippen molar-refractivity contribution >= 4 is 23.0 Å². The molecule has 0 aliphatic carbocycles. The number of fused-ring (bicyclic) bond motifs is 1. The van der Waals surface area contributed by atoms with Gasteiger partial charge in [-0.1, -0.05) is 18.2 Å². The largest absolute Gasteiger partial charge is 0.347 e. The number of carbonyl (C=O) groups is 1. The van der Waals surface area contributed by atoms with E-state index >= 15 is 0 Å². The molecule has 4 rings (SSSR count). The number of aromatic nitrogens is 6. The van der Waals surface area contributed by atoms with Gasteiger partial charge in [0, 0.05) is 29.2 Å². The van der Waals surface area contributed by atoms with Gasteiger partial charge in [-0.3, -0.25) is 14.6 Å². The van der Waals surface area contributed by atoms with Crippen LogP contribution in [0.25, 0.3) is 16.9 Å². The van der Waals surface area contributed by atoms with Gasteiger partial charge in [0.25, 0.3) is 17.4 Å². The Balaban J connectivity index is 1.60. The van der Waals surface area contributed by atoms with Crippen molar-refractivity contribution < 1.29 is 4.79 Å². The van der Waals surface area contributed by atoms with Crippen molar-refractivity contribution in [3.8, 4) is 5.95 Å². The summed E-state index contributed by atoms with van der Waals surface area (Å²) in [6.07, 6.45) is 3.59. The maximum Gasteiger partial charge on any atom is 0.290 e. The highest BCUT2D eigenvalue weighted by atomic mass is 16.2. The van der Waals surface area contributed by atoms with Crippen LogP contribution in [0.3, 0.4) is 0 Å². The van der Waals surface area contributed by atoms with Gasteiger partial charge in [-0.25, -0.2) is 5.43 Å². The minimum Gasteiger partial charge on any atom is -0.347 e. The third-order valence-corrected chi connectivity index (χ3v) is 4.64. The SMILES string of the molecule is CCn1cc(/C=N\NC(=O)c2cc(C)nn2-c2nnc(C)c(=O)[nH]2)c2ccccc21. The number of hydrogen-bond acceptors (Lipinski definition) is 6. The number of hydrazone groups is 1. The van der Waals surface area contributed by atoms with Crippen LogP contribution in [0.4, 0.5) is 0 Å². The van der Waals surface area contributed by atoms with Crippen molar-refractivity contribution in [3.63, 3.8) is 0 Å². The highest BCUT2D eigenvalue weighted by Gasteiger charge is 2.17. The summed E-state index contributed by atoms with van der Waals surface area (Å²) in [4.78, 5) is 27.1. The van der Waals surface area contributed by atoms with Crippen LogP contribution >= 0.6 is 0 Å². The summed E-state index contributed by atoms with van der Waals surface area (Å²) >= 11 is 0. The summed E-state index contributed by atoms with van der Waals surface area (Å²) in [5, 5.41) is 17.1. The fraction of sp³-hybridized carbons (Fsp3) is 0.200. The first-order chi connectivity index (χ1) is 14.5. The molecule has 0 atom stereocenters. The summed E-state index contributed by atoms with van der Waals surface area (Å²) in [7, 11) is 0. The van der Waals surface area contributed by atoms with Crippen LogP contribution in [0.2, 0.25) is 0 Å². The van der Waals surface area contributed by atoms with E-state index in [4.69, 9.17) is 0 Å². The molecule has 0 fully saturated rings. The molecule has 0 saturated heterocycles. The minimum atomic E-state index is -0.491. The van der Waals surface area contributed by atoms with E-state index in [9.17, 15) is 9.59 Å². The molecule has 0 aliphatic heterocycles. The summed E-state index contributed by atoms with van der Waals surface area (Å²) in [5.41, 5.74) is 5.09. The molecule has 152 valence electrons. The minimum absolute atomic E-state index is 0.0545. The lowest BCUT2D eigenvalue weighted by Gasteiger charge is -2.04. The summed E-state index contributed by atoms with van der Waals surface area (Å²) in [5.74, 6) is -0.437. The number of aryl methyl sites for hydroxylation is 3. The second-order valence-electron chi connectivity index (χ2n) is 6.73. The molecule has 1 aromatic carbocycles. The van der Waals surface area contributed by atoms with Gasteiger partial charge in [0.1, 0.15) is 11.4 Å². The van der Waals surface area contributed by atoms with E-state index < -0.39 is 11.5 Å². The molecule has 0 spiro atoms. The van der Waals surface area contributed by atoms with Crippen molar-refractivity contribution in [1.82, 2.24) is 35.0 Å². The van der Waals surface area contributed by atoms with Gasteiger partial charge in [0.15, 0.2) is 0 Å². The monoisotopic (exact) mass is 404 g/mol. The van der Waals surface area contributed by atoms with E-state index in [0.717, 1.165) is 23.0 Å². The number of carbonyl (C=O) groups excluding carboxylic acids is 1. The Morgan fingerprint density at radius 3 is 2.83 bits per heavy atom. The molecule has 10 nitrogen and oxygen atoms in total. The van der Waals surface area contributed by atoms with Crippen molar-refractivity contribution in [2.24, 2.45) is 5.10 Å². The Kier molecular flexibility index (Phi) is 4.97. The standard InChI is InChI=1S/C20H20N8O2/c1-4-27-11-14(15-7-5-6-8-16(15)27)10-21-24-19(30)17-9-12(2)26-28(17)20-22-18(29)13(3)23-25-20/h5-11H,4H2,1-3H3,(H,24,30)(H,22,25,29)/b21-10-. The van der Waals surface area contributed by atoms with Crippen LogP contribution in [-0.4, -0.2) is 41.7 Å². The van der Waals surface area contributed by atoms with Gasteiger partial charge in [0.2, 0.25) is 0 Å². The first kappa shape index (κ1) is 19.2. The first-order valence-electron chi connectivity index (χ1n) is 9.40. The number of rotatable bonds is 5. The molecule has 0 bridgehead atoms. The highest BCUT2D eigenvalue weighted by Crippen LogP contribution is 2.19. The van der Waals surface area contributed by atoms with Gasteiger partial charge in [-0.15, -0.1) is 10.2 Å². The van der Waals surface area contributed by atoms with E-state index in [1.165, 1.54) is 4.68 Å². The van der Waals surface area contributed by atoms with E-state index in [1.807, 2.05) is 30.5 Å². The van der Waals surface area contributed by atoms with Gasteiger partial charge in [-0.05, 0) is 32.9 Å². The highest BCUT2D eigenvalue weighted by molar-refractivity contribution is 6.00. The van der Waals surface area contributed by atoms with Crippen LogP contribution in [0, 0.1) is 13.8 Å². The molecule has 4 aromatic rings. The number of benzene rings is 1. The lowest BCUT2D eigenvalue weighted by atomic mass is 10.2. The van der Waals surface area contributed by atoms with Gasteiger partial charge in [0.05, 0.1) is 11.9 Å². The van der Waals surface area contributed by atoms with Crippen molar-refractivity contribution in [1.29, 1.82) is 0 Å². The van der Waals surface area contributed by atoms with Crippen LogP contribution in [-0.2, 0) is 6.54 Å². The Morgan fingerprint density at radius 1 is 1.27 bits per heavy atom. The number of hydrogen-bond donors (Lipinski definition) is 2. The smallest absolute Gasteiger partial charge is 0.290 e.